The standard InChI is InChI=1S/C13H21ClN2S/c1-9-3-4-16(10(2)5-9)12(7-15)13-6-11(14)8-17-13/h6,8-10,12H,3-5,7,15H2,1-2H3. The number of hydrogen-bond acceptors (Lipinski definition) is 3. The SMILES string of the molecule is CC1CCN(C(CN)c2cc(Cl)cs2)C(C)C1. The number of hydrogen-bond donors (Lipinski definition) is 1. The highest BCUT2D eigenvalue weighted by atomic mass is 35.5. The summed E-state index contributed by atoms with van der Waals surface area (Å²) in [6.45, 7) is 6.48. The highest BCUT2D eigenvalue weighted by molar-refractivity contribution is 7.10. The molecule has 3 unspecified atom stereocenters. The maximum Gasteiger partial charge on any atom is 0.0567 e. The number of rotatable bonds is 3. The molecule has 2 N–H and O–H groups in total. The van der Waals surface area contributed by atoms with E-state index in [9.17, 15) is 0 Å². The third-order valence-corrected chi connectivity index (χ3v) is 5.11. The molecule has 2 nitrogen and oxygen atoms in total. The molecule has 0 bridgehead atoms. The minimum Gasteiger partial charge on any atom is -0.329 e. The summed E-state index contributed by atoms with van der Waals surface area (Å²) in [5.74, 6) is 0.839. The van der Waals surface area contributed by atoms with E-state index in [0.29, 0.717) is 18.6 Å². The maximum atomic E-state index is 6.01. The van der Waals surface area contributed by atoms with Crippen LogP contribution in [0.25, 0.3) is 0 Å². The van der Waals surface area contributed by atoms with E-state index in [1.807, 2.05) is 5.38 Å². The van der Waals surface area contributed by atoms with Crippen molar-refractivity contribution in [2.75, 3.05) is 13.1 Å². The first-order valence-corrected chi connectivity index (χ1v) is 7.57. The summed E-state index contributed by atoms with van der Waals surface area (Å²) in [6, 6.07) is 3.03. The zero-order valence-corrected chi connectivity index (χ0v) is 12.1. The molecule has 1 aromatic rings. The van der Waals surface area contributed by atoms with Crippen LogP contribution in [-0.2, 0) is 0 Å². The summed E-state index contributed by atoms with van der Waals surface area (Å²) in [7, 11) is 0. The monoisotopic (exact) mass is 272 g/mol. The van der Waals surface area contributed by atoms with Crippen LogP contribution in [0, 0.1) is 5.92 Å². The minimum absolute atomic E-state index is 0.343. The number of nitrogens with two attached hydrogens (primary N) is 1. The number of halogens is 1. The summed E-state index contributed by atoms with van der Waals surface area (Å²) >= 11 is 7.74. The first-order valence-electron chi connectivity index (χ1n) is 6.31. The van der Waals surface area contributed by atoms with E-state index < -0.39 is 0 Å². The second-order valence-electron chi connectivity index (χ2n) is 5.14. The van der Waals surface area contributed by atoms with Gasteiger partial charge in [-0.1, -0.05) is 18.5 Å². The summed E-state index contributed by atoms with van der Waals surface area (Å²) in [6.07, 6.45) is 2.55. The normalized spacial score (nSPS) is 28.2. The van der Waals surface area contributed by atoms with Crippen LogP contribution >= 0.6 is 22.9 Å². The second kappa shape index (κ2) is 5.70. The van der Waals surface area contributed by atoms with E-state index in [2.05, 4.69) is 24.8 Å². The lowest BCUT2D eigenvalue weighted by Crippen LogP contribution is -2.44. The van der Waals surface area contributed by atoms with Gasteiger partial charge in [-0.3, -0.25) is 4.90 Å². The molecular weight excluding hydrogens is 252 g/mol. The van der Waals surface area contributed by atoms with Gasteiger partial charge in [0.2, 0.25) is 0 Å². The van der Waals surface area contributed by atoms with Crippen molar-refractivity contribution >= 4 is 22.9 Å². The molecule has 0 spiro atoms. The Bertz CT molecular complexity index is 366. The molecule has 1 fully saturated rings. The van der Waals surface area contributed by atoms with E-state index in [4.69, 9.17) is 17.3 Å². The van der Waals surface area contributed by atoms with Crippen LogP contribution in [0.5, 0.6) is 0 Å². The largest absolute Gasteiger partial charge is 0.329 e. The van der Waals surface area contributed by atoms with E-state index in [1.54, 1.807) is 11.3 Å². The third-order valence-electron chi connectivity index (χ3n) is 3.73. The van der Waals surface area contributed by atoms with Gasteiger partial charge in [-0.25, -0.2) is 0 Å². The molecule has 1 aliphatic heterocycles. The second-order valence-corrected chi connectivity index (χ2v) is 6.51. The van der Waals surface area contributed by atoms with Crippen LogP contribution in [0.3, 0.4) is 0 Å². The Morgan fingerprint density at radius 2 is 2.35 bits per heavy atom. The van der Waals surface area contributed by atoms with Gasteiger partial charge in [0, 0.05) is 22.8 Å². The lowest BCUT2D eigenvalue weighted by Gasteiger charge is -2.41. The van der Waals surface area contributed by atoms with E-state index >= 15 is 0 Å². The van der Waals surface area contributed by atoms with Crippen LogP contribution in [0.2, 0.25) is 5.02 Å². The molecule has 2 heterocycles. The van der Waals surface area contributed by atoms with Crippen molar-refractivity contribution in [3.05, 3.63) is 21.3 Å². The van der Waals surface area contributed by atoms with Gasteiger partial charge in [-0.15, -0.1) is 11.3 Å². The van der Waals surface area contributed by atoms with Gasteiger partial charge >= 0.3 is 0 Å². The van der Waals surface area contributed by atoms with Gasteiger partial charge < -0.3 is 5.73 Å². The molecule has 1 saturated heterocycles. The molecule has 3 atom stereocenters. The van der Waals surface area contributed by atoms with Crippen molar-refractivity contribution in [2.24, 2.45) is 11.7 Å². The Balaban J connectivity index is 2.13. The Kier molecular flexibility index (Phi) is 4.47. The Morgan fingerprint density at radius 3 is 2.88 bits per heavy atom. The van der Waals surface area contributed by atoms with E-state index in [-0.39, 0.29) is 0 Å². The summed E-state index contributed by atoms with van der Waals surface area (Å²) in [4.78, 5) is 3.85. The quantitative estimate of drug-likeness (QED) is 0.912. The molecule has 4 heteroatoms. The smallest absolute Gasteiger partial charge is 0.0567 e. The van der Waals surface area contributed by atoms with Gasteiger partial charge in [0.15, 0.2) is 0 Å². The fraction of sp³-hybridized carbons (Fsp3) is 0.692. The summed E-state index contributed by atoms with van der Waals surface area (Å²) in [5.41, 5.74) is 5.96. The lowest BCUT2D eigenvalue weighted by atomic mass is 9.92. The molecule has 17 heavy (non-hydrogen) atoms. The molecular formula is C13H21ClN2S. The number of nitrogens with zero attached hydrogens (tertiary/aromatic N) is 1. The van der Waals surface area contributed by atoms with Crippen LogP contribution in [0.15, 0.2) is 11.4 Å². The predicted molar refractivity (Wildman–Crippen MR) is 75.7 cm³/mol. The van der Waals surface area contributed by atoms with Crippen LogP contribution < -0.4 is 5.73 Å². The van der Waals surface area contributed by atoms with Crippen molar-refractivity contribution in [2.45, 2.75) is 38.8 Å². The topological polar surface area (TPSA) is 29.3 Å². The molecule has 2 rings (SSSR count). The van der Waals surface area contributed by atoms with Gasteiger partial charge in [-0.05, 0) is 38.3 Å². The van der Waals surface area contributed by atoms with Crippen LogP contribution in [0.1, 0.15) is 37.6 Å². The zero-order chi connectivity index (χ0) is 12.4. The summed E-state index contributed by atoms with van der Waals surface area (Å²) in [5, 5.41) is 2.83. The number of likely N-dealkylation sites (tertiary alicyclic amines) is 1. The van der Waals surface area contributed by atoms with Crippen molar-refractivity contribution in [1.29, 1.82) is 0 Å². The maximum absolute atomic E-state index is 6.01. The van der Waals surface area contributed by atoms with Gasteiger partial charge in [-0.2, -0.15) is 0 Å². The molecule has 0 saturated carbocycles. The molecule has 0 aromatic carbocycles. The molecule has 0 radical (unpaired) electrons. The Morgan fingerprint density at radius 1 is 1.59 bits per heavy atom. The Hall–Kier alpha value is -0.0900. The van der Waals surface area contributed by atoms with E-state index in [1.165, 1.54) is 17.7 Å². The third kappa shape index (κ3) is 3.02. The van der Waals surface area contributed by atoms with E-state index in [0.717, 1.165) is 17.5 Å². The molecule has 0 amide bonds. The Labute approximate surface area is 113 Å². The van der Waals surface area contributed by atoms with Crippen molar-refractivity contribution < 1.29 is 0 Å². The highest BCUT2D eigenvalue weighted by Gasteiger charge is 2.29. The lowest BCUT2D eigenvalue weighted by molar-refractivity contribution is 0.0863. The fourth-order valence-electron chi connectivity index (χ4n) is 2.81. The molecule has 1 aromatic heterocycles. The molecule has 1 aliphatic rings. The van der Waals surface area contributed by atoms with Crippen molar-refractivity contribution in [1.82, 2.24) is 4.90 Å². The minimum atomic E-state index is 0.343. The zero-order valence-electron chi connectivity index (χ0n) is 10.5. The van der Waals surface area contributed by atoms with Gasteiger partial charge in [0.1, 0.15) is 0 Å². The number of piperidine rings is 1. The first kappa shape index (κ1) is 13.3. The van der Waals surface area contributed by atoms with Gasteiger partial charge in [0.05, 0.1) is 11.1 Å². The summed E-state index contributed by atoms with van der Waals surface area (Å²) < 4.78 is 0. The van der Waals surface area contributed by atoms with Crippen LogP contribution in [-0.4, -0.2) is 24.0 Å². The average Bonchev–Trinajstić information content (AvgIpc) is 2.69. The number of thiophene rings is 1. The predicted octanol–water partition coefficient (Wildman–Crippen LogP) is 3.52. The van der Waals surface area contributed by atoms with Crippen LogP contribution in [0.4, 0.5) is 0 Å². The van der Waals surface area contributed by atoms with Gasteiger partial charge in [0.25, 0.3) is 0 Å². The highest BCUT2D eigenvalue weighted by Crippen LogP contribution is 2.34. The van der Waals surface area contributed by atoms with Crippen molar-refractivity contribution in [3.63, 3.8) is 0 Å². The molecule has 0 aliphatic carbocycles. The molecule has 96 valence electrons. The fourth-order valence-corrected chi connectivity index (χ4v) is 4.02. The van der Waals surface area contributed by atoms with Crippen molar-refractivity contribution in [3.8, 4) is 0 Å². The first-order chi connectivity index (χ1) is 8.11. The average molecular weight is 273 g/mol.